The van der Waals surface area contributed by atoms with Gasteiger partial charge in [0.15, 0.2) is 0 Å². The highest BCUT2D eigenvalue weighted by Gasteiger charge is 2.40. The molecule has 0 aliphatic carbocycles. The maximum Gasteiger partial charge on any atom is 0.326 e. The summed E-state index contributed by atoms with van der Waals surface area (Å²) in [5, 5.41) is 40.5. The van der Waals surface area contributed by atoms with Crippen molar-refractivity contribution in [3.63, 3.8) is 0 Å². The second-order valence-electron chi connectivity index (χ2n) is 7.11. The second kappa shape index (κ2) is 11.2. The fourth-order valence-electron chi connectivity index (χ4n) is 3.01. The first-order valence-corrected chi connectivity index (χ1v) is 9.36. The summed E-state index contributed by atoms with van der Waals surface area (Å²) < 4.78 is 0. The van der Waals surface area contributed by atoms with E-state index in [1.807, 2.05) is 0 Å². The minimum Gasteiger partial charge on any atom is -0.481 e. The summed E-state index contributed by atoms with van der Waals surface area (Å²) in [6.07, 6.45) is -2.51. The van der Waals surface area contributed by atoms with Crippen molar-refractivity contribution in [2.24, 2.45) is 5.73 Å². The lowest BCUT2D eigenvalue weighted by Gasteiger charge is -2.29. The Morgan fingerprint density at radius 2 is 1.55 bits per heavy atom. The smallest absolute Gasteiger partial charge is 0.326 e. The molecule has 0 spiro atoms. The first kappa shape index (κ1) is 25.8. The van der Waals surface area contributed by atoms with Crippen molar-refractivity contribution in [2.45, 2.75) is 62.9 Å². The minimum atomic E-state index is -1.72. The summed E-state index contributed by atoms with van der Waals surface area (Å²) in [6.45, 7) is 1.26. The highest BCUT2D eigenvalue weighted by molar-refractivity contribution is 5.96. The summed E-state index contributed by atoms with van der Waals surface area (Å²) in [4.78, 5) is 71.6. The number of carboxylic acid groups (broad SMARTS) is 3. The zero-order chi connectivity index (χ0) is 23.9. The van der Waals surface area contributed by atoms with E-state index in [0.717, 1.165) is 4.90 Å². The molecule has 1 heterocycles. The van der Waals surface area contributed by atoms with Gasteiger partial charge in [-0.1, -0.05) is 0 Å². The van der Waals surface area contributed by atoms with E-state index in [-0.39, 0.29) is 13.0 Å². The zero-order valence-corrected chi connectivity index (χ0v) is 16.7. The van der Waals surface area contributed by atoms with Gasteiger partial charge in [-0.15, -0.1) is 0 Å². The van der Waals surface area contributed by atoms with E-state index < -0.39 is 78.7 Å². The van der Waals surface area contributed by atoms with Crippen LogP contribution in [0.4, 0.5) is 0 Å². The molecule has 0 aromatic heterocycles. The maximum atomic E-state index is 12.9. The molecule has 8 N–H and O–H groups in total. The number of nitrogens with one attached hydrogen (secondary N) is 2. The van der Waals surface area contributed by atoms with Crippen LogP contribution in [0.3, 0.4) is 0 Å². The molecule has 1 saturated heterocycles. The van der Waals surface area contributed by atoms with Crippen molar-refractivity contribution in [1.29, 1.82) is 0 Å². The molecule has 0 aromatic rings. The van der Waals surface area contributed by atoms with E-state index in [2.05, 4.69) is 10.6 Å². The number of nitrogens with zero attached hydrogens (tertiary/aromatic N) is 1. The molecule has 5 unspecified atom stereocenters. The number of aliphatic carboxylic acids is 3. The minimum absolute atomic E-state index is 0.0298. The van der Waals surface area contributed by atoms with E-state index in [4.69, 9.17) is 21.1 Å². The Kier molecular flexibility index (Phi) is 9.33. The van der Waals surface area contributed by atoms with Crippen LogP contribution in [0.2, 0.25) is 0 Å². The molecular formula is C17H26N4O10. The van der Waals surface area contributed by atoms with E-state index in [1.54, 1.807) is 0 Å². The summed E-state index contributed by atoms with van der Waals surface area (Å²) >= 11 is 0. The summed E-state index contributed by atoms with van der Waals surface area (Å²) in [5.74, 6) is -7.24. The van der Waals surface area contributed by atoms with Gasteiger partial charge in [0.05, 0.1) is 18.9 Å². The van der Waals surface area contributed by atoms with Gasteiger partial charge in [0.1, 0.15) is 24.2 Å². The number of aliphatic hydroxyl groups excluding tert-OH is 1. The van der Waals surface area contributed by atoms with Gasteiger partial charge >= 0.3 is 17.9 Å². The highest BCUT2D eigenvalue weighted by atomic mass is 16.4. The Hall–Kier alpha value is -3.26. The number of carbonyl (C=O) groups is 6. The molecule has 3 amide bonds. The third kappa shape index (κ3) is 7.49. The van der Waals surface area contributed by atoms with Crippen LogP contribution in [-0.2, 0) is 28.8 Å². The normalized spacial score (nSPS) is 19.6. The number of hydrogen-bond acceptors (Lipinski definition) is 8. The van der Waals surface area contributed by atoms with Crippen LogP contribution in [0.5, 0.6) is 0 Å². The van der Waals surface area contributed by atoms with Crippen LogP contribution in [0, 0.1) is 0 Å². The SMILES string of the molecule is CC(O)C(N)C(=O)NC(CC(=O)O)C(=O)N1CCCC1C(=O)NC(CC(=O)O)C(=O)O. The molecule has 1 rings (SSSR count). The lowest BCUT2D eigenvalue weighted by Crippen LogP contribution is -2.58. The standard InChI is InChI=1S/C17H26N4O10/c1-7(22)13(18)15(28)19-8(5-11(23)24)16(29)21-4-2-3-10(21)14(27)20-9(17(30)31)6-12(25)26/h7-10,13,22H,2-6,18H2,1H3,(H,19,28)(H,20,27)(H,23,24)(H,25,26)(H,30,31). The van der Waals surface area contributed by atoms with Crippen LogP contribution in [-0.4, -0.2) is 97.8 Å². The van der Waals surface area contributed by atoms with Crippen LogP contribution >= 0.6 is 0 Å². The van der Waals surface area contributed by atoms with Gasteiger partial charge in [0, 0.05) is 6.54 Å². The van der Waals surface area contributed by atoms with Gasteiger partial charge in [0.2, 0.25) is 17.7 Å². The molecule has 14 heteroatoms. The van der Waals surface area contributed by atoms with Crippen molar-refractivity contribution in [3.05, 3.63) is 0 Å². The van der Waals surface area contributed by atoms with Crippen LogP contribution < -0.4 is 16.4 Å². The number of nitrogens with two attached hydrogens (primary N) is 1. The number of hydrogen-bond donors (Lipinski definition) is 7. The quantitative estimate of drug-likeness (QED) is 0.166. The van der Waals surface area contributed by atoms with Crippen LogP contribution in [0.15, 0.2) is 0 Å². The maximum absolute atomic E-state index is 12.9. The Bertz CT molecular complexity index is 740. The summed E-state index contributed by atoms with van der Waals surface area (Å²) in [6, 6.07) is -5.91. The second-order valence-corrected chi connectivity index (χ2v) is 7.11. The first-order valence-electron chi connectivity index (χ1n) is 9.36. The van der Waals surface area contributed by atoms with Gasteiger partial charge < -0.3 is 41.7 Å². The van der Waals surface area contributed by atoms with Crippen molar-refractivity contribution >= 4 is 35.6 Å². The number of amides is 3. The Balaban J connectivity index is 2.98. The topological polar surface area (TPSA) is 237 Å². The average molecular weight is 446 g/mol. The van der Waals surface area contributed by atoms with Gasteiger partial charge in [-0.3, -0.25) is 24.0 Å². The molecule has 0 radical (unpaired) electrons. The summed E-state index contributed by atoms with van der Waals surface area (Å²) in [5.41, 5.74) is 5.49. The molecule has 1 fully saturated rings. The van der Waals surface area contributed by atoms with Gasteiger partial charge in [-0.2, -0.15) is 0 Å². The predicted octanol–water partition coefficient (Wildman–Crippen LogP) is -3.31. The largest absolute Gasteiger partial charge is 0.481 e. The molecule has 31 heavy (non-hydrogen) atoms. The fourth-order valence-corrected chi connectivity index (χ4v) is 3.01. The molecule has 0 saturated carbocycles. The van der Waals surface area contributed by atoms with Gasteiger partial charge in [-0.05, 0) is 19.8 Å². The van der Waals surface area contributed by atoms with E-state index >= 15 is 0 Å². The van der Waals surface area contributed by atoms with E-state index in [0.29, 0.717) is 6.42 Å². The Morgan fingerprint density at radius 1 is 1.00 bits per heavy atom. The fraction of sp³-hybridized carbons (Fsp3) is 0.647. The van der Waals surface area contributed by atoms with Crippen LogP contribution in [0.1, 0.15) is 32.6 Å². The average Bonchev–Trinajstić information content (AvgIpc) is 3.14. The molecule has 14 nitrogen and oxygen atoms in total. The molecule has 1 aliphatic heterocycles. The number of carboxylic acids is 3. The van der Waals surface area contributed by atoms with Gasteiger partial charge in [0.25, 0.3) is 0 Å². The van der Waals surface area contributed by atoms with Crippen LogP contribution in [0.25, 0.3) is 0 Å². The molecular weight excluding hydrogens is 420 g/mol. The predicted molar refractivity (Wildman–Crippen MR) is 100 cm³/mol. The Labute approximate surface area is 176 Å². The van der Waals surface area contributed by atoms with Gasteiger partial charge in [-0.25, -0.2) is 4.79 Å². The lowest BCUT2D eigenvalue weighted by atomic mass is 10.1. The third-order valence-electron chi connectivity index (χ3n) is 4.65. The number of carbonyl (C=O) groups excluding carboxylic acids is 3. The lowest BCUT2D eigenvalue weighted by molar-refractivity contribution is -0.149. The molecule has 0 bridgehead atoms. The van der Waals surface area contributed by atoms with Crippen molar-refractivity contribution in [2.75, 3.05) is 6.54 Å². The van der Waals surface area contributed by atoms with Crippen molar-refractivity contribution < 1.29 is 49.2 Å². The molecule has 174 valence electrons. The number of aliphatic hydroxyl groups is 1. The number of rotatable bonds is 11. The monoisotopic (exact) mass is 446 g/mol. The zero-order valence-electron chi connectivity index (χ0n) is 16.7. The van der Waals surface area contributed by atoms with E-state index in [9.17, 15) is 33.9 Å². The highest BCUT2D eigenvalue weighted by Crippen LogP contribution is 2.20. The van der Waals surface area contributed by atoms with E-state index in [1.165, 1.54) is 6.92 Å². The first-order chi connectivity index (χ1) is 14.3. The molecule has 0 aromatic carbocycles. The molecule has 5 atom stereocenters. The Morgan fingerprint density at radius 3 is 2.03 bits per heavy atom. The van der Waals surface area contributed by atoms with Crippen molar-refractivity contribution in [1.82, 2.24) is 15.5 Å². The number of likely N-dealkylation sites (tertiary alicyclic amines) is 1. The molecule has 1 aliphatic rings. The third-order valence-corrected chi connectivity index (χ3v) is 4.65. The van der Waals surface area contributed by atoms with Crippen molar-refractivity contribution in [3.8, 4) is 0 Å². The summed E-state index contributed by atoms with van der Waals surface area (Å²) in [7, 11) is 0.